The fourth-order valence-electron chi connectivity index (χ4n) is 4.59. The number of aliphatic hydroxyl groups excluding tert-OH is 1. The maximum absolute atomic E-state index is 13.7. The van der Waals surface area contributed by atoms with Gasteiger partial charge in [-0.15, -0.1) is 0 Å². The van der Waals surface area contributed by atoms with Crippen molar-refractivity contribution in [2.75, 3.05) is 26.1 Å². The van der Waals surface area contributed by atoms with E-state index in [0.717, 1.165) is 16.6 Å². The second-order valence-corrected chi connectivity index (χ2v) is 8.87. The van der Waals surface area contributed by atoms with Crippen molar-refractivity contribution in [1.82, 2.24) is 4.90 Å². The molecule has 1 aliphatic heterocycles. The van der Waals surface area contributed by atoms with E-state index in [0.29, 0.717) is 16.9 Å². The summed E-state index contributed by atoms with van der Waals surface area (Å²) in [6.45, 7) is 0.143. The van der Waals surface area contributed by atoms with Crippen LogP contribution in [0.25, 0.3) is 11.0 Å². The van der Waals surface area contributed by atoms with Crippen molar-refractivity contribution in [3.8, 4) is 5.75 Å². The third kappa shape index (κ3) is 3.98. The zero-order valence-corrected chi connectivity index (χ0v) is 20.3. The zero-order chi connectivity index (χ0) is 25.4. The van der Waals surface area contributed by atoms with Crippen molar-refractivity contribution >= 4 is 28.3 Å². The van der Waals surface area contributed by atoms with Gasteiger partial charge in [-0.1, -0.05) is 48.5 Å². The van der Waals surface area contributed by atoms with Crippen molar-refractivity contribution < 1.29 is 23.8 Å². The monoisotopic (exact) mass is 482 g/mol. The maximum atomic E-state index is 13.7. The summed E-state index contributed by atoms with van der Waals surface area (Å²) >= 11 is 0. The molecule has 0 spiro atoms. The van der Waals surface area contributed by atoms with Crippen LogP contribution in [0.15, 0.2) is 94.6 Å². The molecule has 2 heterocycles. The van der Waals surface area contributed by atoms with E-state index in [-0.39, 0.29) is 17.9 Å². The quantitative estimate of drug-likeness (QED) is 0.361. The lowest BCUT2D eigenvalue weighted by molar-refractivity contribution is -0.130. The molecule has 3 aromatic carbocycles. The van der Waals surface area contributed by atoms with Gasteiger partial charge in [0.1, 0.15) is 11.3 Å². The number of furan rings is 1. The van der Waals surface area contributed by atoms with Crippen molar-refractivity contribution in [2.45, 2.75) is 12.6 Å². The molecule has 0 fully saturated rings. The number of ether oxygens (including phenoxy) is 1. The Morgan fingerprint density at radius 3 is 2.42 bits per heavy atom. The number of carbonyl (C=O) groups is 2. The van der Waals surface area contributed by atoms with Gasteiger partial charge in [-0.3, -0.25) is 9.59 Å². The third-order valence-electron chi connectivity index (χ3n) is 6.46. The minimum absolute atomic E-state index is 0.00782. The van der Waals surface area contributed by atoms with Crippen LogP contribution in [-0.4, -0.2) is 42.9 Å². The van der Waals surface area contributed by atoms with Crippen LogP contribution in [0, 0.1) is 0 Å². The number of Topliss-reactive ketones (excluding diaryl/α,β-unsaturated/α-hetero) is 1. The Kier molecular flexibility index (Phi) is 5.98. The number of aliphatic hydroxyl groups is 1. The molecule has 0 radical (unpaired) electrons. The highest BCUT2D eigenvalue weighted by atomic mass is 16.5. The summed E-state index contributed by atoms with van der Waals surface area (Å²) in [5.41, 5.74) is 2.98. The molecule has 5 rings (SSSR count). The minimum atomic E-state index is -0.806. The summed E-state index contributed by atoms with van der Waals surface area (Å²) in [6, 6.07) is 23.0. The molecule has 1 atom stereocenters. The van der Waals surface area contributed by atoms with Crippen LogP contribution in [0.3, 0.4) is 0 Å². The van der Waals surface area contributed by atoms with Gasteiger partial charge in [-0.2, -0.15) is 0 Å². The lowest BCUT2D eigenvalue weighted by Crippen LogP contribution is -2.31. The first-order valence-corrected chi connectivity index (χ1v) is 11.6. The van der Waals surface area contributed by atoms with Gasteiger partial charge in [-0.05, 0) is 35.9 Å². The minimum Gasteiger partial charge on any atom is -0.503 e. The number of nitrogens with zero attached hydrogens (tertiary/aromatic N) is 2. The smallest absolute Gasteiger partial charge is 0.290 e. The molecule has 36 heavy (non-hydrogen) atoms. The summed E-state index contributed by atoms with van der Waals surface area (Å²) < 4.78 is 11.3. The Bertz CT molecular complexity index is 1450. The molecule has 7 nitrogen and oxygen atoms in total. The number of benzene rings is 3. The van der Waals surface area contributed by atoms with E-state index in [4.69, 9.17) is 9.15 Å². The van der Waals surface area contributed by atoms with E-state index in [9.17, 15) is 14.7 Å². The van der Waals surface area contributed by atoms with E-state index >= 15 is 0 Å². The first-order valence-electron chi connectivity index (χ1n) is 11.6. The van der Waals surface area contributed by atoms with Gasteiger partial charge in [0.05, 0.1) is 25.3 Å². The summed E-state index contributed by atoms with van der Waals surface area (Å²) in [4.78, 5) is 30.6. The maximum Gasteiger partial charge on any atom is 0.290 e. The predicted molar refractivity (Wildman–Crippen MR) is 137 cm³/mol. The number of methoxy groups -OCH3 is 1. The van der Waals surface area contributed by atoms with E-state index in [1.165, 1.54) is 4.90 Å². The van der Waals surface area contributed by atoms with Crippen molar-refractivity contribution in [1.29, 1.82) is 0 Å². The van der Waals surface area contributed by atoms with Crippen molar-refractivity contribution in [2.24, 2.45) is 0 Å². The average molecular weight is 483 g/mol. The number of rotatable bonds is 7. The van der Waals surface area contributed by atoms with Crippen molar-refractivity contribution in [3.63, 3.8) is 0 Å². The molecule has 182 valence electrons. The molecule has 1 unspecified atom stereocenters. The van der Waals surface area contributed by atoms with E-state index in [1.54, 1.807) is 19.2 Å². The Labute approximate surface area is 208 Å². The molecule has 1 amide bonds. The zero-order valence-electron chi connectivity index (χ0n) is 20.3. The Morgan fingerprint density at radius 2 is 1.72 bits per heavy atom. The number of anilines is 1. The van der Waals surface area contributed by atoms with Gasteiger partial charge in [0.25, 0.3) is 5.91 Å². The first kappa shape index (κ1) is 23.2. The Morgan fingerprint density at radius 1 is 1.03 bits per heavy atom. The molecule has 0 aliphatic carbocycles. The number of hydrogen-bond donors (Lipinski definition) is 1. The van der Waals surface area contributed by atoms with Gasteiger partial charge in [0, 0.05) is 30.7 Å². The molecule has 1 aromatic heterocycles. The number of fused-ring (bicyclic) bond motifs is 1. The van der Waals surface area contributed by atoms with Gasteiger partial charge in [-0.25, -0.2) is 0 Å². The number of hydrogen-bond acceptors (Lipinski definition) is 6. The highest BCUT2D eigenvalue weighted by Crippen LogP contribution is 2.41. The van der Waals surface area contributed by atoms with Gasteiger partial charge >= 0.3 is 0 Å². The molecule has 0 bridgehead atoms. The van der Waals surface area contributed by atoms with Crippen LogP contribution in [0.1, 0.15) is 27.7 Å². The molecule has 4 aromatic rings. The molecule has 7 heteroatoms. The Balaban J connectivity index is 1.60. The number of carbonyl (C=O) groups excluding carboxylic acids is 2. The Hall–Kier alpha value is -4.52. The van der Waals surface area contributed by atoms with Crippen LogP contribution < -0.4 is 9.64 Å². The number of para-hydroxylation sites is 2. The second kappa shape index (κ2) is 9.26. The molecule has 0 saturated heterocycles. The van der Waals surface area contributed by atoms with E-state index < -0.39 is 23.5 Å². The first-order chi connectivity index (χ1) is 17.4. The van der Waals surface area contributed by atoms with Gasteiger partial charge in [0.2, 0.25) is 5.78 Å². The van der Waals surface area contributed by atoms with Crippen LogP contribution in [-0.2, 0) is 11.3 Å². The van der Waals surface area contributed by atoms with Crippen LogP contribution >= 0.6 is 0 Å². The molecule has 0 saturated carbocycles. The highest BCUT2D eigenvalue weighted by Gasteiger charge is 2.44. The molecule has 1 N–H and O–H groups in total. The fraction of sp³-hybridized carbons (Fsp3) is 0.172. The largest absolute Gasteiger partial charge is 0.503 e. The van der Waals surface area contributed by atoms with Crippen LogP contribution in [0.5, 0.6) is 5.75 Å². The van der Waals surface area contributed by atoms with E-state index in [1.807, 2.05) is 85.7 Å². The van der Waals surface area contributed by atoms with E-state index in [2.05, 4.69) is 0 Å². The summed E-state index contributed by atoms with van der Waals surface area (Å²) in [5.74, 6) is -1.04. The molecular weight excluding hydrogens is 456 g/mol. The number of amides is 1. The lowest BCUT2D eigenvalue weighted by atomic mass is 9.94. The standard InChI is InChI=1S/C29H26N2O5/c1-30(2)21-14-12-18(13-15-21)26-25(27(32)24-16-19-8-4-7-11-23(19)36-24)28(33)29(34)31(26)17-20-9-5-6-10-22(20)35-3/h4-16,26,33H,17H2,1-3H3. The topological polar surface area (TPSA) is 83.2 Å². The van der Waals surface area contributed by atoms with Gasteiger partial charge < -0.3 is 24.1 Å². The summed E-state index contributed by atoms with van der Waals surface area (Å²) in [5, 5.41) is 11.8. The summed E-state index contributed by atoms with van der Waals surface area (Å²) in [6.07, 6.45) is 0. The summed E-state index contributed by atoms with van der Waals surface area (Å²) in [7, 11) is 5.43. The predicted octanol–water partition coefficient (Wildman–Crippen LogP) is 5.29. The highest BCUT2D eigenvalue weighted by molar-refractivity contribution is 6.16. The van der Waals surface area contributed by atoms with Crippen LogP contribution in [0.4, 0.5) is 5.69 Å². The molecule has 1 aliphatic rings. The normalized spacial score (nSPS) is 15.6. The fourth-order valence-corrected chi connectivity index (χ4v) is 4.59. The average Bonchev–Trinajstić information content (AvgIpc) is 3.44. The molecular formula is C29H26N2O5. The van der Waals surface area contributed by atoms with Crippen molar-refractivity contribution in [3.05, 3.63) is 107 Å². The third-order valence-corrected chi connectivity index (χ3v) is 6.46. The lowest BCUT2D eigenvalue weighted by Gasteiger charge is -2.27. The SMILES string of the molecule is COc1ccccc1CN1C(=O)C(O)=C(C(=O)c2cc3ccccc3o2)C1c1ccc(N(C)C)cc1. The van der Waals surface area contributed by atoms with Crippen LogP contribution in [0.2, 0.25) is 0 Å². The van der Waals surface area contributed by atoms with Gasteiger partial charge in [0.15, 0.2) is 11.5 Å². The number of ketones is 1. The second-order valence-electron chi connectivity index (χ2n) is 8.87.